The van der Waals surface area contributed by atoms with Gasteiger partial charge in [-0.15, -0.1) is 0 Å². The Labute approximate surface area is 127 Å². The van der Waals surface area contributed by atoms with Crippen LogP contribution in [0.2, 0.25) is 0 Å². The highest BCUT2D eigenvalue weighted by Gasteiger charge is 2.27. The quantitative estimate of drug-likeness (QED) is 0.874. The molecule has 0 aromatic heterocycles. The molecule has 4 nitrogen and oxygen atoms in total. The molecule has 0 radical (unpaired) electrons. The first-order chi connectivity index (χ1) is 10.2. The van der Waals surface area contributed by atoms with Gasteiger partial charge in [-0.25, -0.2) is 0 Å². The van der Waals surface area contributed by atoms with Crippen LogP contribution in [0.4, 0.5) is 0 Å². The number of ether oxygens (including phenoxy) is 1. The van der Waals surface area contributed by atoms with Gasteiger partial charge in [-0.1, -0.05) is 31.5 Å². The Hall–Kier alpha value is -1.55. The lowest BCUT2D eigenvalue weighted by molar-refractivity contribution is -0.133. The molecule has 1 fully saturated rings. The maximum absolute atomic E-state index is 12.4. The number of carbonyl (C=O) groups excluding carboxylic acids is 1. The summed E-state index contributed by atoms with van der Waals surface area (Å²) in [5.41, 5.74) is 0. The molecule has 0 spiro atoms. The molecule has 0 aliphatic carbocycles. The molecule has 116 valence electrons. The van der Waals surface area contributed by atoms with E-state index in [0.717, 1.165) is 25.1 Å². The number of para-hydroxylation sites is 1. The molecule has 2 atom stereocenters. The van der Waals surface area contributed by atoms with E-state index in [1.807, 2.05) is 37.4 Å². The van der Waals surface area contributed by atoms with Crippen LogP contribution in [0.1, 0.15) is 26.2 Å². The molecule has 4 heteroatoms. The maximum atomic E-state index is 12.4. The smallest absolute Gasteiger partial charge is 0.239 e. The molecule has 1 aliphatic rings. The number of piperidine rings is 1. The Morgan fingerprint density at radius 3 is 2.86 bits per heavy atom. The molecule has 1 aromatic carbocycles. The van der Waals surface area contributed by atoms with Crippen molar-refractivity contribution in [3.05, 3.63) is 30.3 Å². The number of amides is 1. The Kier molecular flexibility index (Phi) is 6.05. The van der Waals surface area contributed by atoms with Crippen molar-refractivity contribution in [2.24, 2.45) is 5.92 Å². The van der Waals surface area contributed by atoms with Crippen LogP contribution in [0.15, 0.2) is 30.3 Å². The highest BCUT2D eigenvalue weighted by molar-refractivity contribution is 5.81. The monoisotopic (exact) mass is 290 g/mol. The minimum absolute atomic E-state index is 0.0228. The maximum Gasteiger partial charge on any atom is 0.239 e. The molecule has 1 amide bonds. The van der Waals surface area contributed by atoms with E-state index in [-0.39, 0.29) is 11.9 Å². The second-order valence-corrected chi connectivity index (χ2v) is 5.73. The highest BCUT2D eigenvalue weighted by Crippen LogP contribution is 2.20. The van der Waals surface area contributed by atoms with Crippen LogP contribution in [0, 0.1) is 5.92 Å². The third kappa shape index (κ3) is 4.74. The van der Waals surface area contributed by atoms with Gasteiger partial charge in [0.1, 0.15) is 12.4 Å². The largest absolute Gasteiger partial charge is 0.492 e. The summed E-state index contributed by atoms with van der Waals surface area (Å²) in [5.74, 6) is 1.71. The summed E-state index contributed by atoms with van der Waals surface area (Å²) in [6.45, 7) is 4.29. The Morgan fingerprint density at radius 2 is 2.14 bits per heavy atom. The van der Waals surface area contributed by atoms with Gasteiger partial charge >= 0.3 is 0 Å². The highest BCUT2D eigenvalue weighted by atomic mass is 16.5. The molecule has 1 saturated heterocycles. The zero-order valence-corrected chi connectivity index (χ0v) is 13.0. The van der Waals surface area contributed by atoms with Crippen LogP contribution >= 0.6 is 0 Å². The fraction of sp³-hybridized carbons (Fsp3) is 0.588. The number of nitrogens with one attached hydrogen (secondary N) is 1. The second kappa shape index (κ2) is 8.03. The van der Waals surface area contributed by atoms with Crippen LogP contribution in [-0.4, -0.2) is 43.6 Å². The third-order valence-electron chi connectivity index (χ3n) is 4.20. The fourth-order valence-electron chi connectivity index (χ4n) is 2.75. The zero-order valence-electron chi connectivity index (χ0n) is 13.0. The molecular weight excluding hydrogens is 264 g/mol. The lowest BCUT2D eigenvalue weighted by Gasteiger charge is -2.31. The number of carbonyl (C=O) groups is 1. The van der Waals surface area contributed by atoms with Gasteiger partial charge in [0.05, 0.1) is 12.6 Å². The van der Waals surface area contributed by atoms with Crippen LogP contribution in [0.5, 0.6) is 5.75 Å². The number of benzene rings is 1. The SMILES string of the molecule is CCC1CCNC(C(=O)N(C)CCOc2ccccc2)C1. The predicted octanol–water partition coefficient (Wildman–Crippen LogP) is 2.30. The van der Waals surface area contributed by atoms with E-state index in [1.165, 1.54) is 6.42 Å². The average Bonchev–Trinajstić information content (AvgIpc) is 2.55. The zero-order chi connectivity index (χ0) is 15.1. The third-order valence-corrected chi connectivity index (χ3v) is 4.20. The number of hydrogen-bond acceptors (Lipinski definition) is 3. The van der Waals surface area contributed by atoms with Crippen molar-refractivity contribution in [1.82, 2.24) is 10.2 Å². The van der Waals surface area contributed by atoms with Crippen LogP contribution in [0.3, 0.4) is 0 Å². The summed E-state index contributed by atoms with van der Waals surface area (Å²) >= 11 is 0. The second-order valence-electron chi connectivity index (χ2n) is 5.73. The Bertz CT molecular complexity index is 436. The molecule has 2 rings (SSSR count). The van der Waals surface area contributed by atoms with Gasteiger partial charge in [0.15, 0.2) is 0 Å². The van der Waals surface area contributed by atoms with Crippen LogP contribution in [0.25, 0.3) is 0 Å². The van der Waals surface area contributed by atoms with Crippen molar-refractivity contribution in [3.8, 4) is 5.75 Å². The summed E-state index contributed by atoms with van der Waals surface area (Å²) in [6.07, 6.45) is 3.30. The normalized spacial score (nSPS) is 21.8. The van der Waals surface area contributed by atoms with E-state index in [0.29, 0.717) is 19.1 Å². The van der Waals surface area contributed by atoms with Crippen molar-refractivity contribution >= 4 is 5.91 Å². The average molecular weight is 290 g/mol. The minimum Gasteiger partial charge on any atom is -0.492 e. The summed E-state index contributed by atoms with van der Waals surface area (Å²) in [7, 11) is 1.86. The summed E-state index contributed by atoms with van der Waals surface area (Å²) in [5, 5.41) is 3.34. The fourth-order valence-corrected chi connectivity index (χ4v) is 2.75. The molecule has 2 unspecified atom stereocenters. The van der Waals surface area contributed by atoms with Crippen molar-refractivity contribution in [2.45, 2.75) is 32.2 Å². The molecular formula is C17H26N2O2. The predicted molar refractivity (Wildman–Crippen MR) is 84.4 cm³/mol. The first-order valence-corrected chi connectivity index (χ1v) is 7.87. The lowest BCUT2D eigenvalue weighted by atomic mass is 9.90. The van der Waals surface area contributed by atoms with E-state index in [2.05, 4.69) is 12.2 Å². The Balaban J connectivity index is 1.74. The number of likely N-dealkylation sites (N-methyl/N-ethyl adjacent to an activating group) is 1. The summed E-state index contributed by atoms with van der Waals surface area (Å²) in [4.78, 5) is 14.2. The topological polar surface area (TPSA) is 41.6 Å². The van der Waals surface area contributed by atoms with Gasteiger partial charge < -0.3 is 15.0 Å². The summed E-state index contributed by atoms with van der Waals surface area (Å²) in [6, 6.07) is 9.68. The standard InChI is InChI=1S/C17H26N2O2/c1-3-14-9-10-18-16(13-14)17(20)19(2)11-12-21-15-7-5-4-6-8-15/h4-8,14,16,18H,3,9-13H2,1-2H3. The molecule has 1 N–H and O–H groups in total. The van der Waals surface area contributed by atoms with E-state index >= 15 is 0 Å². The lowest BCUT2D eigenvalue weighted by Crippen LogP contribution is -2.49. The number of hydrogen-bond donors (Lipinski definition) is 1. The van der Waals surface area contributed by atoms with E-state index < -0.39 is 0 Å². The summed E-state index contributed by atoms with van der Waals surface area (Å²) < 4.78 is 5.64. The van der Waals surface area contributed by atoms with Crippen molar-refractivity contribution in [2.75, 3.05) is 26.7 Å². The molecule has 0 bridgehead atoms. The van der Waals surface area contributed by atoms with E-state index in [9.17, 15) is 4.79 Å². The van der Waals surface area contributed by atoms with Crippen LogP contribution < -0.4 is 10.1 Å². The van der Waals surface area contributed by atoms with E-state index in [4.69, 9.17) is 4.74 Å². The van der Waals surface area contributed by atoms with Gasteiger partial charge in [-0.05, 0) is 37.4 Å². The van der Waals surface area contributed by atoms with Gasteiger partial charge in [-0.2, -0.15) is 0 Å². The number of nitrogens with zero attached hydrogens (tertiary/aromatic N) is 1. The molecule has 0 saturated carbocycles. The molecule has 1 aliphatic heterocycles. The van der Waals surface area contributed by atoms with Crippen LogP contribution in [-0.2, 0) is 4.79 Å². The Morgan fingerprint density at radius 1 is 1.38 bits per heavy atom. The minimum atomic E-state index is -0.0228. The van der Waals surface area contributed by atoms with Gasteiger partial charge in [0, 0.05) is 7.05 Å². The molecule has 21 heavy (non-hydrogen) atoms. The van der Waals surface area contributed by atoms with Crippen molar-refractivity contribution in [1.29, 1.82) is 0 Å². The first kappa shape index (κ1) is 15.8. The van der Waals surface area contributed by atoms with Crippen molar-refractivity contribution < 1.29 is 9.53 Å². The first-order valence-electron chi connectivity index (χ1n) is 7.87. The van der Waals surface area contributed by atoms with E-state index in [1.54, 1.807) is 4.90 Å². The van der Waals surface area contributed by atoms with Gasteiger partial charge in [0.25, 0.3) is 0 Å². The molecule has 1 heterocycles. The number of rotatable bonds is 6. The van der Waals surface area contributed by atoms with Gasteiger partial charge in [-0.3, -0.25) is 4.79 Å². The van der Waals surface area contributed by atoms with Gasteiger partial charge in [0.2, 0.25) is 5.91 Å². The van der Waals surface area contributed by atoms with Crippen molar-refractivity contribution in [3.63, 3.8) is 0 Å². The molecule has 1 aromatic rings.